The van der Waals surface area contributed by atoms with Crippen molar-refractivity contribution in [3.8, 4) is 28.5 Å². The molecule has 5 aromatic rings. The predicted octanol–water partition coefficient (Wildman–Crippen LogP) is 9.25. The zero-order valence-electron chi connectivity index (χ0n) is 30.6. The number of alkyl halides is 3. The van der Waals surface area contributed by atoms with Gasteiger partial charge in [0.05, 0.1) is 23.2 Å². The molecular weight excluding hydrogens is 677 g/mol. The van der Waals surface area contributed by atoms with Crippen LogP contribution in [0.1, 0.15) is 63.3 Å². The molecule has 0 atom stereocenters. The van der Waals surface area contributed by atoms with Crippen LogP contribution in [0.25, 0.3) is 32.9 Å². The molecule has 12 heteroatoms. The molecule has 6 rings (SSSR count). The summed E-state index contributed by atoms with van der Waals surface area (Å²) < 4.78 is 58.3. The van der Waals surface area contributed by atoms with E-state index in [0.29, 0.717) is 18.1 Å². The lowest BCUT2D eigenvalue weighted by Gasteiger charge is -2.21. The number of nitrogens with zero attached hydrogens (tertiary/aromatic N) is 2. The highest BCUT2D eigenvalue weighted by molar-refractivity contribution is 6.07. The molecule has 0 bridgehead atoms. The van der Waals surface area contributed by atoms with Crippen LogP contribution in [0.5, 0.6) is 17.4 Å². The Morgan fingerprint density at radius 2 is 1.73 bits per heavy atom. The lowest BCUT2D eigenvalue weighted by molar-refractivity contribution is -0.274. The van der Waals surface area contributed by atoms with Gasteiger partial charge in [-0.15, -0.1) is 13.2 Å². The fourth-order valence-electron chi connectivity index (χ4n) is 5.57. The molecule has 1 aliphatic rings. The molecule has 3 aromatic carbocycles. The summed E-state index contributed by atoms with van der Waals surface area (Å²) in [6.45, 7) is 12.9. The average Bonchev–Trinajstić information content (AvgIpc) is 3.07. The van der Waals surface area contributed by atoms with Crippen molar-refractivity contribution in [2.24, 2.45) is 0 Å². The van der Waals surface area contributed by atoms with Gasteiger partial charge in [-0.1, -0.05) is 26.0 Å². The summed E-state index contributed by atoms with van der Waals surface area (Å²) in [7, 11) is 1.71. The Kier molecular flexibility index (Phi) is 15.2. The summed E-state index contributed by atoms with van der Waals surface area (Å²) in [5.41, 5.74) is 7.40. The zero-order chi connectivity index (χ0) is 38.5. The number of methoxy groups -OCH3 is 1. The summed E-state index contributed by atoms with van der Waals surface area (Å²) in [4.78, 5) is 17.9. The maximum Gasteiger partial charge on any atom is 0.573 e. The second kappa shape index (κ2) is 19.1. The Labute approximate surface area is 302 Å². The van der Waals surface area contributed by atoms with Gasteiger partial charge in [-0.3, -0.25) is 9.78 Å². The van der Waals surface area contributed by atoms with E-state index in [9.17, 15) is 13.2 Å². The highest BCUT2D eigenvalue weighted by Gasteiger charge is 2.31. The van der Waals surface area contributed by atoms with Gasteiger partial charge < -0.3 is 29.2 Å². The molecule has 2 N–H and O–H groups in total. The van der Waals surface area contributed by atoms with Crippen LogP contribution in [0.2, 0.25) is 0 Å². The molecule has 1 aliphatic heterocycles. The standard InChI is InChI=1S/C31H25F3N2O3.2C4H10O.CH2O2/c1-3-22-18(2)15-25-23(29(22)24-7-9-26-28-20(12-14-37-26)11-13-35-30(24)28)8-10-27(36-25)38-17-19-5-4-6-21(16-19)39-31(32,33)34;1-4(2,3)5;1-3-4-5-2;2-1-3/h4-11,13,15-16H,3,12,14,17H2,1-2H3;5H,1-3H3;3-4H2,1-2H3;1H,(H,2,3). The number of aromatic nitrogens is 2. The average molecular weight is 725 g/mol. The molecule has 3 heterocycles. The lowest BCUT2D eigenvalue weighted by Crippen LogP contribution is -2.17. The second-order valence-corrected chi connectivity index (χ2v) is 12.8. The van der Waals surface area contributed by atoms with Gasteiger partial charge in [-0.25, -0.2) is 4.98 Å². The molecule has 0 fully saturated rings. The van der Waals surface area contributed by atoms with E-state index in [2.05, 4.69) is 37.6 Å². The van der Waals surface area contributed by atoms with Crippen LogP contribution in [0.3, 0.4) is 0 Å². The van der Waals surface area contributed by atoms with Crippen molar-refractivity contribution in [3.63, 3.8) is 0 Å². The molecule has 2 aromatic heterocycles. The van der Waals surface area contributed by atoms with Gasteiger partial charge in [0.15, 0.2) is 0 Å². The van der Waals surface area contributed by atoms with Crippen molar-refractivity contribution in [1.82, 2.24) is 9.97 Å². The highest BCUT2D eigenvalue weighted by atomic mass is 19.4. The van der Waals surface area contributed by atoms with Crippen LogP contribution in [0.15, 0.2) is 66.9 Å². The minimum Gasteiger partial charge on any atom is -0.493 e. The maximum absolute atomic E-state index is 12.6. The van der Waals surface area contributed by atoms with E-state index in [4.69, 9.17) is 39.2 Å². The van der Waals surface area contributed by atoms with Crippen LogP contribution in [-0.2, 0) is 29.0 Å². The highest BCUT2D eigenvalue weighted by Crippen LogP contribution is 2.42. The van der Waals surface area contributed by atoms with Gasteiger partial charge in [-0.2, -0.15) is 0 Å². The first kappa shape index (κ1) is 41.5. The first-order chi connectivity index (χ1) is 24.6. The predicted molar refractivity (Wildman–Crippen MR) is 196 cm³/mol. The van der Waals surface area contributed by atoms with Crippen LogP contribution in [0, 0.1) is 6.92 Å². The quantitative estimate of drug-likeness (QED) is 0.151. The van der Waals surface area contributed by atoms with E-state index in [1.54, 1.807) is 40.0 Å². The van der Waals surface area contributed by atoms with Crippen LogP contribution in [-0.4, -0.2) is 58.9 Å². The summed E-state index contributed by atoms with van der Waals surface area (Å²) in [6.07, 6.45) is -0.0857. The summed E-state index contributed by atoms with van der Waals surface area (Å²) in [5, 5.41) is 17.4. The number of carboxylic acid groups (broad SMARTS) is 1. The van der Waals surface area contributed by atoms with Crippen molar-refractivity contribution in [3.05, 3.63) is 89.1 Å². The number of aryl methyl sites for hydroxylation is 1. The smallest absolute Gasteiger partial charge is 0.493 e. The second-order valence-electron chi connectivity index (χ2n) is 12.8. The van der Waals surface area contributed by atoms with E-state index in [-0.39, 0.29) is 18.8 Å². The lowest BCUT2D eigenvalue weighted by atomic mass is 9.88. The Balaban J connectivity index is 0.000000485. The van der Waals surface area contributed by atoms with Gasteiger partial charge in [0, 0.05) is 48.7 Å². The van der Waals surface area contributed by atoms with Crippen molar-refractivity contribution >= 4 is 28.3 Å². The van der Waals surface area contributed by atoms with Gasteiger partial charge >= 0.3 is 6.36 Å². The molecule has 52 heavy (non-hydrogen) atoms. The molecule has 9 nitrogen and oxygen atoms in total. The number of hydrogen-bond acceptors (Lipinski definition) is 8. The number of benzene rings is 3. The Hall–Kier alpha value is -4.94. The van der Waals surface area contributed by atoms with Crippen molar-refractivity contribution in [2.75, 3.05) is 20.3 Å². The minimum atomic E-state index is -4.75. The van der Waals surface area contributed by atoms with E-state index >= 15 is 0 Å². The van der Waals surface area contributed by atoms with Gasteiger partial charge in [-0.05, 0) is 111 Å². The third-order valence-electron chi connectivity index (χ3n) is 7.42. The summed E-state index contributed by atoms with van der Waals surface area (Å²) in [6, 6.07) is 17.7. The number of pyridine rings is 2. The van der Waals surface area contributed by atoms with E-state index in [0.717, 1.165) is 70.1 Å². The largest absolute Gasteiger partial charge is 0.573 e. The summed E-state index contributed by atoms with van der Waals surface area (Å²) >= 11 is 0. The van der Waals surface area contributed by atoms with Gasteiger partial charge in [0.25, 0.3) is 6.47 Å². The van der Waals surface area contributed by atoms with Crippen LogP contribution < -0.4 is 14.2 Å². The number of hydrogen-bond donors (Lipinski definition) is 2. The Bertz CT molecular complexity index is 1910. The van der Waals surface area contributed by atoms with E-state index < -0.39 is 12.0 Å². The number of aliphatic hydroxyl groups is 1. The normalized spacial score (nSPS) is 11.9. The number of rotatable bonds is 8. The molecular formula is C40H47F3N2O7. The molecule has 0 aliphatic carbocycles. The summed E-state index contributed by atoms with van der Waals surface area (Å²) in [5.74, 6) is 0.946. The molecule has 0 saturated heterocycles. The third kappa shape index (κ3) is 12.1. The first-order valence-electron chi connectivity index (χ1n) is 16.9. The number of fused-ring (bicyclic) bond motifs is 1. The SMILES string of the molecule is CC(C)(C)O.CCCOC.CCc1c(C)cc2nc(OCc3cccc(OC(F)(F)F)c3)ccc2c1-c1ccc2c3c(ccnc13)CCO2.O=CO. The van der Waals surface area contributed by atoms with Crippen LogP contribution >= 0.6 is 0 Å². The fraction of sp³-hybridized carbons (Fsp3) is 0.375. The van der Waals surface area contributed by atoms with Crippen molar-refractivity contribution in [1.29, 1.82) is 0 Å². The van der Waals surface area contributed by atoms with Crippen LogP contribution in [0.4, 0.5) is 13.2 Å². The molecule has 0 saturated carbocycles. The Morgan fingerprint density at radius 3 is 2.35 bits per heavy atom. The van der Waals surface area contributed by atoms with Gasteiger partial charge in [0.2, 0.25) is 5.88 Å². The minimum absolute atomic E-state index is 0.0469. The topological polar surface area (TPSA) is 120 Å². The molecule has 0 radical (unpaired) electrons. The molecule has 0 spiro atoms. The molecule has 280 valence electrons. The Morgan fingerprint density at radius 1 is 1.02 bits per heavy atom. The monoisotopic (exact) mass is 724 g/mol. The maximum atomic E-state index is 12.6. The fourth-order valence-corrected chi connectivity index (χ4v) is 5.57. The first-order valence-corrected chi connectivity index (χ1v) is 16.9. The third-order valence-corrected chi connectivity index (χ3v) is 7.42. The van der Waals surface area contributed by atoms with Crippen molar-refractivity contribution < 1.29 is 47.1 Å². The number of halogens is 3. The zero-order valence-corrected chi connectivity index (χ0v) is 30.6. The van der Waals surface area contributed by atoms with E-state index in [1.165, 1.54) is 29.3 Å². The number of carbonyl (C=O) groups is 1. The van der Waals surface area contributed by atoms with E-state index in [1.807, 2.05) is 24.4 Å². The molecule has 0 unspecified atom stereocenters. The number of ether oxygens (including phenoxy) is 4. The molecule has 0 amide bonds. The van der Waals surface area contributed by atoms with Crippen molar-refractivity contribution in [2.45, 2.75) is 79.4 Å². The van der Waals surface area contributed by atoms with Gasteiger partial charge in [0.1, 0.15) is 18.1 Å².